The number of ether oxygens (including phenoxy) is 3. The molecule has 0 atom stereocenters. The highest BCUT2D eigenvalue weighted by molar-refractivity contribution is 5.95. The number of amides is 1. The summed E-state index contributed by atoms with van der Waals surface area (Å²) < 4.78 is 16.5. The van der Waals surface area contributed by atoms with Crippen LogP contribution < -0.4 is 19.5 Å². The van der Waals surface area contributed by atoms with Crippen molar-refractivity contribution in [1.29, 1.82) is 0 Å². The Bertz CT molecular complexity index is 1260. The van der Waals surface area contributed by atoms with Crippen molar-refractivity contribution in [3.8, 4) is 34.4 Å². The van der Waals surface area contributed by atoms with E-state index in [1.165, 1.54) is 0 Å². The molecule has 1 aromatic heterocycles. The Balaban J connectivity index is 1.37. The van der Waals surface area contributed by atoms with Crippen molar-refractivity contribution < 1.29 is 19.0 Å². The molecular formula is C28H27N3O4. The zero-order valence-electron chi connectivity index (χ0n) is 19.7. The number of carbonyl (C=O) groups excluding carboxylic acids is 1. The van der Waals surface area contributed by atoms with Crippen LogP contribution in [0.4, 0.5) is 0 Å². The van der Waals surface area contributed by atoms with Gasteiger partial charge in [0.2, 0.25) is 0 Å². The Labute approximate surface area is 204 Å². The molecule has 4 aromatic rings. The number of benzene rings is 3. The minimum atomic E-state index is -0.156. The van der Waals surface area contributed by atoms with Gasteiger partial charge < -0.3 is 19.5 Å². The first kappa shape index (κ1) is 23.8. The fourth-order valence-electron chi connectivity index (χ4n) is 3.34. The number of hydrogen-bond donors (Lipinski definition) is 1. The van der Waals surface area contributed by atoms with Crippen molar-refractivity contribution in [2.75, 3.05) is 13.7 Å². The lowest BCUT2D eigenvalue weighted by molar-refractivity contribution is 0.0951. The molecule has 0 saturated heterocycles. The first-order valence-corrected chi connectivity index (χ1v) is 11.4. The Morgan fingerprint density at radius 3 is 2.34 bits per heavy atom. The Morgan fingerprint density at radius 2 is 1.60 bits per heavy atom. The van der Waals surface area contributed by atoms with Crippen LogP contribution in [-0.4, -0.2) is 29.6 Å². The van der Waals surface area contributed by atoms with Crippen molar-refractivity contribution in [3.05, 3.63) is 96.3 Å². The lowest BCUT2D eigenvalue weighted by atomic mass is 10.1. The zero-order valence-corrected chi connectivity index (χ0v) is 19.7. The predicted octanol–water partition coefficient (Wildman–Crippen LogP) is 5.66. The van der Waals surface area contributed by atoms with Gasteiger partial charge in [-0.05, 0) is 53.9 Å². The molecule has 0 aliphatic heterocycles. The van der Waals surface area contributed by atoms with Gasteiger partial charge in [-0.1, -0.05) is 37.3 Å². The van der Waals surface area contributed by atoms with Gasteiger partial charge in [-0.2, -0.15) is 0 Å². The highest BCUT2D eigenvalue weighted by atomic mass is 16.5. The summed E-state index contributed by atoms with van der Waals surface area (Å²) in [6, 6.07) is 22.5. The molecule has 35 heavy (non-hydrogen) atoms. The van der Waals surface area contributed by atoms with Crippen LogP contribution in [-0.2, 0) is 6.54 Å². The minimum Gasteiger partial charge on any atom is -0.497 e. The van der Waals surface area contributed by atoms with Crippen molar-refractivity contribution >= 4 is 5.91 Å². The van der Waals surface area contributed by atoms with Gasteiger partial charge in [-0.3, -0.25) is 4.79 Å². The maximum absolute atomic E-state index is 12.7. The monoisotopic (exact) mass is 469 g/mol. The third-order valence-corrected chi connectivity index (χ3v) is 5.19. The summed E-state index contributed by atoms with van der Waals surface area (Å²) >= 11 is 0. The van der Waals surface area contributed by atoms with Crippen LogP contribution in [0.5, 0.6) is 23.3 Å². The Morgan fingerprint density at radius 1 is 0.857 bits per heavy atom. The maximum atomic E-state index is 12.7. The van der Waals surface area contributed by atoms with Gasteiger partial charge in [-0.25, -0.2) is 9.97 Å². The van der Waals surface area contributed by atoms with Crippen molar-refractivity contribution in [2.45, 2.75) is 19.9 Å². The summed E-state index contributed by atoms with van der Waals surface area (Å²) in [5.74, 6) is 1.94. The van der Waals surface area contributed by atoms with E-state index in [1.807, 2.05) is 54.6 Å². The van der Waals surface area contributed by atoms with Crippen LogP contribution in [0.2, 0.25) is 0 Å². The molecule has 0 spiro atoms. The summed E-state index contributed by atoms with van der Waals surface area (Å²) in [5, 5.41) is 2.96. The maximum Gasteiger partial charge on any atom is 0.321 e. The summed E-state index contributed by atoms with van der Waals surface area (Å²) in [6.45, 7) is 3.19. The van der Waals surface area contributed by atoms with E-state index in [0.717, 1.165) is 28.9 Å². The molecule has 0 radical (unpaired) electrons. The van der Waals surface area contributed by atoms with E-state index < -0.39 is 0 Å². The number of nitrogens with zero attached hydrogens (tertiary/aromatic N) is 2. The summed E-state index contributed by atoms with van der Waals surface area (Å²) in [6.07, 6.45) is 4.30. The number of hydrogen-bond acceptors (Lipinski definition) is 6. The molecule has 0 unspecified atom stereocenters. The molecule has 0 fully saturated rings. The third kappa shape index (κ3) is 6.57. The molecule has 0 bridgehead atoms. The lowest BCUT2D eigenvalue weighted by Gasteiger charge is -2.09. The van der Waals surface area contributed by atoms with Crippen LogP contribution in [0.15, 0.2) is 85.2 Å². The second-order valence-electron chi connectivity index (χ2n) is 7.79. The van der Waals surface area contributed by atoms with Crippen molar-refractivity contribution in [1.82, 2.24) is 15.3 Å². The quantitative estimate of drug-likeness (QED) is 0.323. The van der Waals surface area contributed by atoms with E-state index in [2.05, 4.69) is 22.2 Å². The first-order chi connectivity index (χ1) is 17.1. The van der Waals surface area contributed by atoms with E-state index in [0.29, 0.717) is 30.2 Å². The van der Waals surface area contributed by atoms with E-state index in [-0.39, 0.29) is 11.9 Å². The molecule has 0 aliphatic rings. The van der Waals surface area contributed by atoms with Gasteiger partial charge in [0.1, 0.15) is 17.2 Å². The molecule has 1 heterocycles. The van der Waals surface area contributed by atoms with Crippen LogP contribution in [0, 0.1) is 0 Å². The van der Waals surface area contributed by atoms with Gasteiger partial charge >= 0.3 is 6.01 Å². The lowest BCUT2D eigenvalue weighted by Crippen LogP contribution is -2.22. The number of methoxy groups -OCH3 is 1. The normalized spacial score (nSPS) is 10.5. The van der Waals surface area contributed by atoms with Gasteiger partial charge in [0.15, 0.2) is 0 Å². The molecule has 4 rings (SSSR count). The molecule has 1 amide bonds. The zero-order chi connectivity index (χ0) is 24.5. The van der Waals surface area contributed by atoms with E-state index in [1.54, 1.807) is 37.7 Å². The molecule has 178 valence electrons. The minimum absolute atomic E-state index is 0.156. The van der Waals surface area contributed by atoms with Gasteiger partial charge in [0.05, 0.1) is 13.7 Å². The van der Waals surface area contributed by atoms with E-state index >= 15 is 0 Å². The number of nitrogens with one attached hydrogen (secondary N) is 1. The molecular weight excluding hydrogens is 442 g/mol. The first-order valence-electron chi connectivity index (χ1n) is 11.4. The van der Waals surface area contributed by atoms with Crippen LogP contribution in [0.1, 0.15) is 29.3 Å². The molecule has 0 aliphatic carbocycles. The van der Waals surface area contributed by atoms with E-state index in [4.69, 9.17) is 14.2 Å². The second kappa shape index (κ2) is 11.7. The fraction of sp³-hybridized carbons (Fsp3) is 0.179. The summed E-state index contributed by atoms with van der Waals surface area (Å²) in [4.78, 5) is 21.3. The van der Waals surface area contributed by atoms with Gasteiger partial charge in [0.25, 0.3) is 5.91 Å². The highest BCUT2D eigenvalue weighted by Crippen LogP contribution is 2.25. The van der Waals surface area contributed by atoms with Crippen LogP contribution in [0.25, 0.3) is 11.1 Å². The topological polar surface area (TPSA) is 82.6 Å². The average Bonchev–Trinajstić information content (AvgIpc) is 2.91. The van der Waals surface area contributed by atoms with Gasteiger partial charge in [-0.15, -0.1) is 0 Å². The van der Waals surface area contributed by atoms with Crippen molar-refractivity contribution in [3.63, 3.8) is 0 Å². The summed E-state index contributed by atoms with van der Waals surface area (Å²) in [7, 11) is 1.60. The molecule has 1 N–H and O–H groups in total. The number of carbonyl (C=O) groups is 1. The molecule has 0 saturated carbocycles. The largest absolute Gasteiger partial charge is 0.497 e. The van der Waals surface area contributed by atoms with Gasteiger partial charge in [0, 0.05) is 36.1 Å². The Kier molecular flexibility index (Phi) is 7.91. The highest BCUT2D eigenvalue weighted by Gasteiger charge is 2.09. The fourth-order valence-corrected chi connectivity index (χ4v) is 3.34. The average molecular weight is 470 g/mol. The SMILES string of the molecule is CCCOc1ccc(CNC(=O)c2cccc(-c3cnc(Oc4cccc(OC)c4)nc3)c2)cc1. The molecule has 7 heteroatoms. The van der Waals surface area contributed by atoms with Crippen LogP contribution >= 0.6 is 0 Å². The number of rotatable bonds is 10. The van der Waals surface area contributed by atoms with Crippen molar-refractivity contribution in [2.24, 2.45) is 0 Å². The van der Waals surface area contributed by atoms with E-state index in [9.17, 15) is 4.79 Å². The number of aromatic nitrogens is 2. The standard InChI is InChI=1S/C28H27N3O4/c1-3-14-34-24-12-10-20(11-13-24)17-29-27(32)22-7-4-6-21(15-22)23-18-30-28(31-19-23)35-26-9-5-8-25(16-26)33-2/h4-13,15-16,18-19H,3,14,17H2,1-2H3,(H,29,32). The Hall–Kier alpha value is -4.39. The second-order valence-corrected chi connectivity index (χ2v) is 7.79. The third-order valence-electron chi connectivity index (χ3n) is 5.19. The smallest absolute Gasteiger partial charge is 0.321 e. The molecule has 3 aromatic carbocycles. The summed E-state index contributed by atoms with van der Waals surface area (Å²) in [5.41, 5.74) is 3.17. The van der Waals surface area contributed by atoms with Crippen LogP contribution in [0.3, 0.4) is 0 Å². The molecule has 7 nitrogen and oxygen atoms in total. The predicted molar refractivity (Wildman–Crippen MR) is 134 cm³/mol.